The number of carbonyl (C=O) groups is 1. The Kier molecular flexibility index (Phi) is 10.9. The molecule has 0 atom stereocenters. The lowest BCUT2D eigenvalue weighted by Crippen LogP contribution is -2.12. The Morgan fingerprint density at radius 3 is 2.05 bits per heavy atom. The zero-order chi connectivity index (χ0) is 14.6. The highest BCUT2D eigenvalue weighted by atomic mass is 32.2. The molecular formula is C13H26O5S. The van der Waals surface area contributed by atoms with Gasteiger partial charge in [-0.05, 0) is 6.42 Å². The summed E-state index contributed by atoms with van der Waals surface area (Å²) in [7, 11) is -4.07. The summed E-state index contributed by atoms with van der Waals surface area (Å²) in [4.78, 5) is 11.1. The molecule has 0 aromatic heterocycles. The van der Waals surface area contributed by atoms with Gasteiger partial charge in [-0.25, -0.2) is 0 Å². The van der Waals surface area contributed by atoms with Crippen molar-refractivity contribution in [2.75, 3.05) is 12.4 Å². The summed E-state index contributed by atoms with van der Waals surface area (Å²) >= 11 is 0. The fourth-order valence-electron chi connectivity index (χ4n) is 1.71. The third kappa shape index (κ3) is 15.3. The molecule has 0 fully saturated rings. The van der Waals surface area contributed by atoms with Crippen molar-refractivity contribution >= 4 is 16.1 Å². The summed E-state index contributed by atoms with van der Waals surface area (Å²) < 4.78 is 34.1. The van der Waals surface area contributed by atoms with Gasteiger partial charge in [0.15, 0.2) is 0 Å². The summed E-state index contributed by atoms with van der Waals surface area (Å²) in [5, 5.41) is 0. The maximum Gasteiger partial charge on any atom is 0.306 e. The molecule has 0 bridgehead atoms. The van der Waals surface area contributed by atoms with Crippen LogP contribution in [0.15, 0.2) is 0 Å². The topological polar surface area (TPSA) is 80.7 Å². The number of esters is 1. The van der Waals surface area contributed by atoms with Gasteiger partial charge in [-0.15, -0.1) is 0 Å². The summed E-state index contributed by atoms with van der Waals surface area (Å²) in [6.45, 7) is 2.52. The van der Waals surface area contributed by atoms with Crippen LogP contribution in [0.5, 0.6) is 0 Å². The van der Waals surface area contributed by atoms with E-state index in [1.54, 1.807) is 0 Å². The molecule has 0 saturated carbocycles. The highest BCUT2D eigenvalue weighted by molar-refractivity contribution is 7.85. The molecule has 0 heterocycles. The molecule has 0 unspecified atom stereocenters. The first kappa shape index (κ1) is 18.4. The Morgan fingerprint density at radius 1 is 1.00 bits per heavy atom. The Balaban J connectivity index is 3.28. The summed E-state index contributed by atoms with van der Waals surface area (Å²) in [5.74, 6) is -1.14. The average Bonchev–Trinajstić information content (AvgIpc) is 2.33. The molecule has 0 amide bonds. The molecular weight excluding hydrogens is 268 g/mol. The minimum Gasteiger partial charge on any atom is -0.466 e. The van der Waals surface area contributed by atoms with Crippen LogP contribution in [-0.2, 0) is 19.6 Å². The predicted octanol–water partition coefficient (Wildman–Crippen LogP) is 2.95. The second-order valence-electron chi connectivity index (χ2n) is 4.73. The number of carbonyl (C=O) groups excluding carboxylic acids is 1. The molecule has 5 nitrogen and oxygen atoms in total. The molecule has 0 aromatic rings. The zero-order valence-electron chi connectivity index (χ0n) is 11.8. The van der Waals surface area contributed by atoms with Gasteiger partial charge in [-0.1, -0.05) is 51.9 Å². The summed E-state index contributed by atoms with van der Waals surface area (Å²) in [6.07, 6.45) is 9.02. The third-order valence-electron chi connectivity index (χ3n) is 2.83. The van der Waals surface area contributed by atoms with Crippen molar-refractivity contribution in [3.05, 3.63) is 0 Å². The average molecular weight is 294 g/mol. The van der Waals surface area contributed by atoms with Crippen molar-refractivity contribution in [2.45, 2.75) is 64.7 Å². The monoisotopic (exact) mass is 294 g/mol. The first-order valence-electron chi connectivity index (χ1n) is 7.06. The fraction of sp³-hybridized carbons (Fsp3) is 0.923. The second kappa shape index (κ2) is 11.2. The van der Waals surface area contributed by atoms with Gasteiger partial charge in [0.25, 0.3) is 10.1 Å². The minimum atomic E-state index is -4.07. The van der Waals surface area contributed by atoms with E-state index in [0.29, 0.717) is 6.61 Å². The highest BCUT2D eigenvalue weighted by Crippen LogP contribution is 2.08. The number of hydrogen-bond donors (Lipinski definition) is 1. The molecule has 0 radical (unpaired) electrons. The molecule has 1 N–H and O–H groups in total. The normalized spacial score (nSPS) is 11.5. The Morgan fingerprint density at radius 2 is 1.53 bits per heavy atom. The van der Waals surface area contributed by atoms with E-state index in [1.165, 1.54) is 32.1 Å². The lowest BCUT2D eigenvalue weighted by molar-refractivity contribution is -0.143. The van der Waals surface area contributed by atoms with Gasteiger partial charge in [0.1, 0.15) is 0 Å². The van der Waals surface area contributed by atoms with Crippen molar-refractivity contribution in [2.24, 2.45) is 0 Å². The molecule has 0 spiro atoms. The summed E-state index contributed by atoms with van der Waals surface area (Å²) in [5.41, 5.74) is 0. The fourth-order valence-corrected chi connectivity index (χ4v) is 2.13. The molecule has 0 aliphatic rings. The van der Waals surface area contributed by atoms with Gasteiger partial charge in [-0.2, -0.15) is 8.42 Å². The maximum atomic E-state index is 11.1. The molecule has 0 aliphatic carbocycles. The van der Waals surface area contributed by atoms with E-state index in [9.17, 15) is 13.2 Å². The highest BCUT2D eigenvalue weighted by Gasteiger charge is 2.10. The van der Waals surface area contributed by atoms with E-state index in [-0.39, 0.29) is 6.42 Å². The van der Waals surface area contributed by atoms with Crippen molar-refractivity contribution in [1.29, 1.82) is 0 Å². The Bertz CT molecular complexity index is 324. The molecule has 114 valence electrons. The SMILES string of the molecule is CCCCCCCCCCOC(=O)CCS(=O)(=O)O. The molecule has 6 heteroatoms. The largest absolute Gasteiger partial charge is 0.466 e. The van der Waals surface area contributed by atoms with E-state index in [4.69, 9.17) is 9.29 Å². The van der Waals surface area contributed by atoms with Crippen molar-refractivity contribution < 1.29 is 22.5 Å². The lowest BCUT2D eigenvalue weighted by Gasteiger charge is -2.04. The quantitative estimate of drug-likeness (QED) is 0.340. The van der Waals surface area contributed by atoms with Crippen LogP contribution >= 0.6 is 0 Å². The minimum absolute atomic E-state index is 0.282. The van der Waals surface area contributed by atoms with E-state index in [2.05, 4.69) is 6.92 Å². The van der Waals surface area contributed by atoms with Crippen LogP contribution in [0.3, 0.4) is 0 Å². The molecule has 0 rings (SSSR count). The third-order valence-corrected chi connectivity index (χ3v) is 3.55. The number of unbranched alkanes of at least 4 members (excludes halogenated alkanes) is 7. The lowest BCUT2D eigenvalue weighted by atomic mass is 10.1. The van der Waals surface area contributed by atoms with E-state index in [0.717, 1.165) is 19.3 Å². The molecule has 19 heavy (non-hydrogen) atoms. The van der Waals surface area contributed by atoms with Crippen LogP contribution in [0.25, 0.3) is 0 Å². The van der Waals surface area contributed by atoms with Crippen LogP contribution in [0.2, 0.25) is 0 Å². The van der Waals surface area contributed by atoms with Crippen LogP contribution in [0.4, 0.5) is 0 Å². The second-order valence-corrected chi connectivity index (χ2v) is 6.30. The number of hydrogen-bond acceptors (Lipinski definition) is 4. The van der Waals surface area contributed by atoms with Gasteiger partial charge in [0.05, 0.1) is 18.8 Å². The first-order valence-corrected chi connectivity index (χ1v) is 8.67. The smallest absolute Gasteiger partial charge is 0.306 e. The van der Waals surface area contributed by atoms with Crippen molar-refractivity contribution in [3.8, 4) is 0 Å². The Hall–Kier alpha value is -0.620. The van der Waals surface area contributed by atoms with Crippen molar-refractivity contribution in [3.63, 3.8) is 0 Å². The van der Waals surface area contributed by atoms with Gasteiger partial charge in [0, 0.05) is 0 Å². The summed E-state index contributed by atoms with van der Waals surface area (Å²) in [6, 6.07) is 0. The number of rotatable bonds is 12. The maximum absolute atomic E-state index is 11.1. The molecule has 0 aliphatic heterocycles. The van der Waals surface area contributed by atoms with Gasteiger partial charge in [-0.3, -0.25) is 9.35 Å². The predicted molar refractivity (Wildman–Crippen MR) is 74.6 cm³/mol. The van der Waals surface area contributed by atoms with Gasteiger partial charge >= 0.3 is 5.97 Å². The molecule has 0 aromatic carbocycles. The van der Waals surface area contributed by atoms with Crippen molar-refractivity contribution in [1.82, 2.24) is 0 Å². The molecule has 0 saturated heterocycles. The van der Waals surface area contributed by atoms with E-state index < -0.39 is 21.8 Å². The van der Waals surface area contributed by atoms with Crippen LogP contribution < -0.4 is 0 Å². The van der Waals surface area contributed by atoms with E-state index >= 15 is 0 Å². The Labute approximate surface area is 116 Å². The first-order chi connectivity index (χ1) is 8.95. The van der Waals surface area contributed by atoms with Gasteiger partial charge < -0.3 is 4.74 Å². The number of ether oxygens (including phenoxy) is 1. The van der Waals surface area contributed by atoms with E-state index in [1.807, 2.05) is 0 Å². The standard InChI is InChI=1S/C13H26O5S/c1-2-3-4-5-6-7-8-9-11-18-13(14)10-12-19(15,16)17/h2-12H2,1H3,(H,15,16,17). The zero-order valence-corrected chi connectivity index (χ0v) is 12.6. The van der Waals surface area contributed by atoms with Crippen LogP contribution in [0.1, 0.15) is 64.7 Å². The van der Waals surface area contributed by atoms with Crippen LogP contribution in [-0.4, -0.2) is 31.3 Å². The van der Waals surface area contributed by atoms with Crippen LogP contribution in [0, 0.1) is 0 Å². The van der Waals surface area contributed by atoms with Gasteiger partial charge in [0.2, 0.25) is 0 Å².